The van der Waals surface area contributed by atoms with Crippen molar-refractivity contribution in [3.63, 3.8) is 0 Å². The van der Waals surface area contributed by atoms with Gasteiger partial charge in [0.1, 0.15) is 0 Å². The second-order valence-corrected chi connectivity index (χ2v) is 5.77. The molecule has 0 aliphatic heterocycles. The molecule has 96 valence electrons. The van der Waals surface area contributed by atoms with E-state index in [1.165, 1.54) is 12.8 Å². The average molecular weight is 227 g/mol. The lowest BCUT2D eigenvalue weighted by atomic mass is 9.82. The van der Waals surface area contributed by atoms with Gasteiger partial charge in [0, 0.05) is 24.6 Å². The van der Waals surface area contributed by atoms with Gasteiger partial charge in [0.25, 0.3) is 0 Å². The highest BCUT2D eigenvalue weighted by atomic mass is 16.3. The number of hydrogen-bond donors (Lipinski definition) is 2. The van der Waals surface area contributed by atoms with Crippen LogP contribution in [0.4, 0.5) is 0 Å². The molecule has 1 saturated carbocycles. The van der Waals surface area contributed by atoms with Crippen molar-refractivity contribution < 1.29 is 5.11 Å². The Bertz CT molecular complexity index is 193. The van der Waals surface area contributed by atoms with E-state index < -0.39 is 0 Å². The van der Waals surface area contributed by atoms with E-state index in [2.05, 4.69) is 33.0 Å². The molecular weight excluding hydrogens is 198 g/mol. The fraction of sp³-hybridized carbons (Fsp3) is 1.00. The van der Waals surface area contributed by atoms with Crippen molar-refractivity contribution in [2.45, 2.75) is 59.4 Å². The molecule has 1 aliphatic carbocycles. The maximum atomic E-state index is 9.53. The number of hydrogen-bond acceptors (Lipinski definition) is 2. The lowest BCUT2D eigenvalue weighted by Crippen LogP contribution is -2.42. The Hall–Kier alpha value is -0.0800. The van der Waals surface area contributed by atoms with Crippen molar-refractivity contribution in [3.8, 4) is 0 Å². The molecule has 0 heterocycles. The molecule has 0 spiro atoms. The zero-order chi connectivity index (χ0) is 12.2. The van der Waals surface area contributed by atoms with Gasteiger partial charge in [-0.15, -0.1) is 0 Å². The molecular formula is C14H29NO. The molecule has 2 N–H and O–H groups in total. The summed E-state index contributed by atoms with van der Waals surface area (Å²) in [7, 11) is 0. The summed E-state index contributed by atoms with van der Waals surface area (Å²) >= 11 is 0. The van der Waals surface area contributed by atoms with Crippen LogP contribution < -0.4 is 5.32 Å². The number of nitrogens with one attached hydrogen (secondary N) is 1. The number of aliphatic hydroxyl groups is 1. The van der Waals surface area contributed by atoms with E-state index in [-0.39, 0.29) is 5.41 Å². The third-order valence-corrected chi connectivity index (χ3v) is 5.04. The van der Waals surface area contributed by atoms with Crippen molar-refractivity contribution in [2.24, 2.45) is 17.3 Å². The molecule has 2 heteroatoms. The molecule has 2 nitrogen and oxygen atoms in total. The Morgan fingerprint density at radius 1 is 1.19 bits per heavy atom. The Morgan fingerprint density at radius 2 is 1.81 bits per heavy atom. The van der Waals surface area contributed by atoms with Crippen LogP contribution in [0.15, 0.2) is 0 Å². The van der Waals surface area contributed by atoms with Crippen LogP contribution in [-0.2, 0) is 0 Å². The predicted molar refractivity (Wildman–Crippen MR) is 69.5 cm³/mol. The fourth-order valence-corrected chi connectivity index (χ4v) is 2.78. The highest BCUT2D eigenvalue weighted by molar-refractivity contribution is 4.88. The number of aliphatic hydroxyl groups excluding tert-OH is 1. The van der Waals surface area contributed by atoms with Crippen LogP contribution in [0, 0.1) is 17.3 Å². The normalized spacial score (nSPS) is 30.9. The van der Waals surface area contributed by atoms with E-state index in [4.69, 9.17) is 0 Å². The summed E-state index contributed by atoms with van der Waals surface area (Å²) in [5, 5.41) is 13.2. The molecule has 0 bridgehead atoms. The third-order valence-electron chi connectivity index (χ3n) is 5.04. The van der Waals surface area contributed by atoms with Gasteiger partial charge in [-0.3, -0.25) is 0 Å². The monoisotopic (exact) mass is 227 g/mol. The van der Waals surface area contributed by atoms with Gasteiger partial charge in [-0.2, -0.15) is 0 Å². The summed E-state index contributed by atoms with van der Waals surface area (Å²) in [6, 6.07) is 0.666. The first-order valence-corrected chi connectivity index (χ1v) is 6.92. The zero-order valence-corrected chi connectivity index (χ0v) is 11.4. The van der Waals surface area contributed by atoms with Crippen LogP contribution >= 0.6 is 0 Å². The lowest BCUT2D eigenvalue weighted by Gasteiger charge is -2.32. The van der Waals surface area contributed by atoms with Gasteiger partial charge in [-0.1, -0.05) is 27.7 Å². The predicted octanol–water partition coefficient (Wildman–Crippen LogP) is 2.81. The highest BCUT2D eigenvalue weighted by Crippen LogP contribution is 2.32. The van der Waals surface area contributed by atoms with Gasteiger partial charge in [0.15, 0.2) is 0 Å². The van der Waals surface area contributed by atoms with Crippen molar-refractivity contribution in [1.29, 1.82) is 0 Å². The van der Waals surface area contributed by atoms with Crippen LogP contribution in [0.2, 0.25) is 0 Å². The van der Waals surface area contributed by atoms with Gasteiger partial charge in [-0.25, -0.2) is 0 Å². The molecule has 1 rings (SSSR count). The van der Waals surface area contributed by atoms with Crippen molar-refractivity contribution in [1.82, 2.24) is 5.32 Å². The summed E-state index contributed by atoms with van der Waals surface area (Å²) in [6.45, 7) is 10.4. The quantitative estimate of drug-likeness (QED) is 0.731. The van der Waals surface area contributed by atoms with E-state index >= 15 is 0 Å². The molecule has 0 amide bonds. The molecule has 16 heavy (non-hydrogen) atoms. The van der Waals surface area contributed by atoms with Gasteiger partial charge in [0.05, 0.1) is 0 Å². The van der Waals surface area contributed by atoms with E-state index in [1.54, 1.807) is 0 Å². The molecule has 0 aromatic heterocycles. The van der Waals surface area contributed by atoms with E-state index in [9.17, 15) is 5.11 Å². The molecule has 0 aromatic rings. The number of rotatable bonds is 6. The molecule has 1 fully saturated rings. The third kappa shape index (κ3) is 2.98. The second kappa shape index (κ2) is 6.02. The summed E-state index contributed by atoms with van der Waals surface area (Å²) in [5.41, 5.74) is 0.103. The van der Waals surface area contributed by atoms with E-state index in [1.807, 2.05) is 0 Å². The largest absolute Gasteiger partial charge is 0.396 e. The standard InChI is InChI=1S/C14H29NO/c1-5-14(6-2,10-16)9-15-13-8-7-11(3)12(13)4/h11-13,15-16H,5-10H2,1-4H3. The molecule has 3 unspecified atom stereocenters. The van der Waals surface area contributed by atoms with Crippen molar-refractivity contribution in [2.75, 3.05) is 13.2 Å². The SMILES string of the molecule is CCC(CC)(CO)CNC1CCC(C)C1C. The molecule has 0 radical (unpaired) electrons. The minimum absolute atomic E-state index is 0.103. The van der Waals surface area contributed by atoms with Crippen LogP contribution in [0.3, 0.4) is 0 Å². The van der Waals surface area contributed by atoms with Crippen molar-refractivity contribution in [3.05, 3.63) is 0 Å². The van der Waals surface area contributed by atoms with Crippen molar-refractivity contribution >= 4 is 0 Å². The molecule has 0 aromatic carbocycles. The summed E-state index contributed by atoms with van der Waals surface area (Å²) in [6.07, 6.45) is 4.77. The first kappa shape index (κ1) is 14.0. The van der Waals surface area contributed by atoms with Gasteiger partial charge < -0.3 is 10.4 Å². The Morgan fingerprint density at radius 3 is 2.19 bits per heavy atom. The van der Waals surface area contributed by atoms with Gasteiger partial charge in [0.2, 0.25) is 0 Å². The molecule has 1 aliphatic rings. The van der Waals surface area contributed by atoms with Gasteiger partial charge in [-0.05, 0) is 37.5 Å². The maximum Gasteiger partial charge on any atom is 0.0499 e. The van der Waals surface area contributed by atoms with E-state index in [0.717, 1.165) is 31.2 Å². The fourth-order valence-electron chi connectivity index (χ4n) is 2.78. The average Bonchev–Trinajstić information content (AvgIpc) is 2.63. The molecule has 0 saturated heterocycles. The van der Waals surface area contributed by atoms with Crippen LogP contribution in [-0.4, -0.2) is 24.3 Å². The smallest absolute Gasteiger partial charge is 0.0499 e. The highest BCUT2D eigenvalue weighted by Gasteiger charge is 2.32. The van der Waals surface area contributed by atoms with Gasteiger partial charge >= 0.3 is 0 Å². The first-order chi connectivity index (χ1) is 7.58. The Labute approximate surface area is 101 Å². The summed E-state index contributed by atoms with van der Waals surface area (Å²) in [4.78, 5) is 0. The van der Waals surface area contributed by atoms with Crippen LogP contribution in [0.5, 0.6) is 0 Å². The van der Waals surface area contributed by atoms with Crippen LogP contribution in [0.25, 0.3) is 0 Å². The zero-order valence-electron chi connectivity index (χ0n) is 11.4. The minimum Gasteiger partial charge on any atom is -0.396 e. The van der Waals surface area contributed by atoms with Crippen LogP contribution in [0.1, 0.15) is 53.4 Å². The lowest BCUT2D eigenvalue weighted by molar-refractivity contribution is 0.107. The van der Waals surface area contributed by atoms with E-state index in [0.29, 0.717) is 12.6 Å². The second-order valence-electron chi connectivity index (χ2n) is 5.77. The summed E-state index contributed by atoms with van der Waals surface area (Å²) < 4.78 is 0. The minimum atomic E-state index is 0.103. The maximum absolute atomic E-state index is 9.53. The topological polar surface area (TPSA) is 32.3 Å². The first-order valence-electron chi connectivity index (χ1n) is 6.92. The Kier molecular flexibility index (Phi) is 5.26. The molecule has 3 atom stereocenters. The summed E-state index contributed by atoms with van der Waals surface area (Å²) in [5.74, 6) is 1.63. The Balaban J connectivity index is 2.44.